The van der Waals surface area contributed by atoms with Gasteiger partial charge in [0, 0.05) is 22.5 Å². The van der Waals surface area contributed by atoms with Gasteiger partial charge in [0.05, 0.1) is 5.56 Å². The summed E-state index contributed by atoms with van der Waals surface area (Å²) in [5, 5.41) is 0. The molecule has 1 rings (SSSR count). The van der Waals surface area contributed by atoms with Crippen LogP contribution in [0.5, 0.6) is 0 Å². The molecule has 88 valence electrons. The minimum Gasteiger partial charge on any atom is -0.339 e. The first-order valence-corrected chi connectivity index (χ1v) is 6.47. The Labute approximate surface area is 111 Å². The van der Waals surface area contributed by atoms with E-state index in [1.807, 2.05) is 26.1 Å². The van der Waals surface area contributed by atoms with Gasteiger partial charge in [0.2, 0.25) is 0 Å². The summed E-state index contributed by atoms with van der Waals surface area (Å²) in [6.07, 6.45) is 0.945. The van der Waals surface area contributed by atoms with Gasteiger partial charge in [-0.15, -0.1) is 12.6 Å². The van der Waals surface area contributed by atoms with Crippen LogP contribution in [0.25, 0.3) is 0 Å². The van der Waals surface area contributed by atoms with Crippen molar-refractivity contribution in [3.8, 4) is 0 Å². The Kier molecular flexibility index (Phi) is 4.87. The molecule has 2 nitrogen and oxygen atoms in total. The fourth-order valence-electron chi connectivity index (χ4n) is 1.34. The molecule has 1 aromatic rings. The summed E-state index contributed by atoms with van der Waals surface area (Å²) in [6, 6.07) is 5.73. The molecule has 0 N–H and O–H groups in total. The van der Waals surface area contributed by atoms with Crippen molar-refractivity contribution in [1.82, 2.24) is 4.90 Å². The smallest absolute Gasteiger partial charge is 0.255 e. The van der Waals surface area contributed by atoms with E-state index < -0.39 is 0 Å². The summed E-state index contributed by atoms with van der Waals surface area (Å²) in [7, 11) is 1.83. The highest BCUT2D eigenvalue weighted by atomic mass is 79.9. The summed E-state index contributed by atoms with van der Waals surface area (Å²) in [6.45, 7) is 4.11. The first-order chi connectivity index (χ1) is 7.47. The molecule has 1 amide bonds. The van der Waals surface area contributed by atoms with Gasteiger partial charge >= 0.3 is 0 Å². The number of rotatable bonds is 3. The van der Waals surface area contributed by atoms with Gasteiger partial charge in [-0.1, -0.05) is 6.92 Å². The lowest BCUT2D eigenvalue weighted by atomic mass is 10.1. The van der Waals surface area contributed by atoms with E-state index in [4.69, 9.17) is 0 Å². The lowest BCUT2D eigenvalue weighted by Gasteiger charge is -2.24. The van der Waals surface area contributed by atoms with Crippen molar-refractivity contribution >= 4 is 34.5 Å². The van der Waals surface area contributed by atoms with E-state index in [2.05, 4.69) is 35.5 Å². The predicted molar refractivity (Wildman–Crippen MR) is 73.2 cm³/mol. The number of carbonyl (C=O) groups excluding carboxylic acids is 1. The number of thiol groups is 1. The van der Waals surface area contributed by atoms with Gasteiger partial charge in [0.25, 0.3) is 5.91 Å². The van der Waals surface area contributed by atoms with Crippen molar-refractivity contribution in [1.29, 1.82) is 0 Å². The number of carbonyl (C=O) groups is 1. The maximum atomic E-state index is 12.2. The highest BCUT2D eigenvalue weighted by Gasteiger charge is 2.18. The van der Waals surface area contributed by atoms with Crippen LogP contribution in [0.3, 0.4) is 0 Å². The van der Waals surface area contributed by atoms with Gasteiger partial charge in [-0.3, -0.25) is 4.79 Å². The van der Waals surface area contributed by atoms with Gasteiger partial charge < -0.3 is 4.90 Å². The SMILES string of the molecule is CCC(C)N(C)C(=O)c1cc(S)ccc1Br. The Morgan fingerprint density at radius 3 is 2.75 bits per heavy atom. The predicted octanol–water partition coefficient (Wildman–Crippen LogP) is 3.61. The first-order valence-electron chi connectivity index (χ1n) is 5.23. The zero-order valence-electron chi connectivity index (χ0n) is 9.70. The third-order valence-corrected chi connectivity index (χ3v) is 3.72. The quantitative estimate of drug-likeness (QED) is 0.846. The Morgan fingerprint density at radius 1 is 1.56 bits per heavy atom. The van der Waals surface area contributed by atoms with Gasteiger partial charge in [0.15, 0.2) is 0 Å². The molecular weight excluding hydrogens is 286 g/mol. The van der Waals surface area contributed by atoms with E-state index in [1.165, 1.54) is 0 Å². The fraction of sp³-hybridized carbons (Fsp3) is 0.417. The number of benzene rings is 1. The molecule has 0 saturated heterocycles. The van der Waals surface area contributed by atoms with E-state index in [-0.39, 0.29) is 11.9 Å². The zero-order chi connectivity index (χ0) is 12.3. The lowest BCUT2D eigenvalue weighted by Crippen LogP contribution is -2.34. The molecule has 0 fully saturated rings. The summed E-state index contributed by atoms with van der Waals surface area (Å²) in [5.74, 6) is 0.0251. The normalized spacial score (nSPS) is 12.3. The molecule has 1 unspecified atom stereocenters. The van der Waals surface area contributed by atoms with Crippen molar-refractivity contribution in [2.45, 2.75) is 31.2 Å². The van der Waals surface area contributed by atoms with Crippen LogP contribution >= 0.6 is 28.6 Å². The van der Waals surface area contributed by atoms with E-state index in [0.717, 1.165) is 15.8 Å². The van der Waals surface area contributed by atoms with Gasteiger partial charge in [0.1, 0.15) is 0 Å². The Hall–Kier alpha value is -0.480. The van der Waals surface area contributed by atoms with Crippen LogP contribution in [0.4, 0.5) is 0 Å². The minimum absolute atomic E-state index is 0.0251. The van der Waals surface area contributed by atoms with Crippen LogP contribution in [-0.2, 0) is 0 Å². The lowest BCUT2D eigenvalue weighted by molar-refractivity contribution is 0.0739. The van der Waals surface area contributed by atoms with Crippen molar-refractivity contribution in [2.75, 3.05) is 7.05 Å². The molecular formula is C12H16BrNOS. The summed E-state index contributed by atoms with van der Waals surface area (Å²) < 4.78 is 0.811. The van der Waals surface area contributed by atoms with Gasteiger partial charge in [-0.25, -0.2) is 0 Å². The second-order valence-corrected chi connectivity index (χ2v) is 5.21. The van der Waals surface area contributed by atoms with E-state index in [1.54, 1.807) is 11.0 Å². The van der Waals surface area contributed by atoms with E-state index in [9.17, 15) is 4.79 Å². The molecule has 16 heavy (non-hydrogen) atoms. The number of nitrogens with zero attached hydrogens (tertiary/aromatic N) is 1. The van der Waals surface area contributed by atoms with Crippen LogP contribution in [0, 0.1) is 0 Å². The number of amides is 1. The van der Waals surface area contributed by atoms with Gasteiger partial charge in [-0.05, 0) is 47.5 Å². The van der Waals surface area contributed by atoms with Crippen molar-refractivity contribution in [2.24, 2.45) is 0 Å². The first kappa shape index (κ1) is 13.6. The summed E-state index contributed by atoms with van der Waals surface area (Å²) >= 11 is 7.64. The number of halogens is 1. The third-order valence-electron chi connectivity index (χ3n) is 2.75. The summed E-state index contributed by atoms with van der Waals surface area (Å²) in [5.41, 5.74) is 0.662. The fourth-order valence-corrected chi connectivity index (χ4v) is 1.96. The molecule has 1 aromatic carbocycles. The van der Waals surface area contributed by atoms with E-state index >= 15 is 0 Å². The zero-order valence-corrected chi connectivity index (χ0v) is 12.2. The van der Waals surface area contributed by atoms with E-state index in [0.29, 0.717) is 5.56 Å². The Balaban J connectivity index is 3.00. The van der Waals surface area contributed by atoms with Gasteiger partial charge in [-0.2, -0.15) is 0 Å². The molecule has 0 aliphatic rings. The second kappa shape index (κ2) is 5.73. The Morgan fingerprint density at radius 2 is 2.19 bits per heavy atom. The molecule has 0 aromatic heterocycles. The maximum Gasteiger partial charge on any atom is 0.255 e. The minimum atomic E-state index is 0.0251. The van der Waals surface area contributed by atoms with Crippen LogP contribution in [0.2, 0.25) is 0 Å². The number of hydrogen-bond acceptors (Lipinski definition) is 2. The molecule has 0 aliphatic heterocycles. The second-order valence-electron chi connectivity index (χ2n) is 3.84. The molecule has 0 radical (unpaired) electrons. The molecule has 1 atom stereocenters. The molecule has 0 saturated carbocycles. The van der Waals surface area contributed by atoms with Crippen LogP contribution in [0.15, 0.2) is 27.6 Å². The largest absolute Gasteiger partial charge is 0.339 e. The summed E-state index contributed by atoms with van der Waals surface area (Å²) in [4.78, 5) is 14.7. The Bertz CT molecular complexity index is 395. The monoisotopic (exact) mass is 301 g/mol. The third kappa shape index (κ3) is 3.01. The van der Waals surface area contributed by atoms with Crippen molar-refractivity contribution in [3.63, 3.8) is 0 Å². The maximum absolute atomic E-state index is 12.2. The van der Waals surface area contributed by atoms with Crippen LogP contribution in [0.1, 0.15) is 30.6 Å². The highest BCUT2D eigenvalue weighted by Crippen LogP contribution is 2.22. The molecule has 0 heterocycles. The van der Waals surface area contributed by atoms with Crippen LogP contribution < -0.4 is 0 Å². The molecule has 0 bridgehead atoms. The van der Waals surface area contributed by atoms with Crippen LogP contribution in [-0.4, -0.2) is 23.9 Å². The molecule has 4 heteroatoms. The van der Waals surface area contributed by atoms with Crippen molar-refractivity contribution < 1.29 is 4.79 Å². The average Bonchev–Trinajstić information content (AvgIpc) is 2.29. The number of hydrogen-bond donors (Lipinski definition) is 1. The van der Waals surface area contributed by atoms with Crippen molar-refractivity contribution in [3.05, 3.63) is 28.2 Å². The average molecular weight is 302 g/mol. The molecule has 0 aliphatic carbocycles. The topological polar surface area (TPSA) is 20.3 Å². The molecule has 0 spiro atoms. The highest BCUT2D eigenvalue weighted by molar-refractivity contribution is 9.10. The standard InChI is InChI=1S/C12H16BrNOS/c1-4-8(2)14(3)12(15)10-7-9(16)5-6-11(10)13/h5-8,16H,4H2,1-3H3.